The first kappa shape index (κ1) is 15.9. The third kappa shape index (κ3) is 3.81. The summed E-state index contributed by atoms with van der Waals surface area (Å²) >= 11 is 0. The molecule has 0 atom stereocenters. The lowest BCUT2D eigenvalue weighted by Gasteiger charge is -2.14. The fourth-order valence-corrected chi connectivity index (χ4v) is 2.43. The van der Waals surface area contributed by atoms with Gasteiger partial charge in [0.2, 0.25) is 5.91 Å². The summed E-state index contributed by atoms with van der Waals surface area (Å²) in [4.78, 5) is 20.1. The number of hydrogen-bond donors (Lipinski definition) is 2. The van der Waals surface area contributed by atoms with Crippen molar-refractivity contribution in [3.05, 3.63) is 40.8 Å². The Morgan fingerprint density at radius 3 is 2.27 bits per heavy atom. The standard InChI is InChI=1S/C17H22N4O/c1-6-14-9-16(19-12(4)18-14)21-15-7-10(2)17(11(3)8-15)20-13(5)22/h7-9H,6H2,1-5H3,(H,20,22)(H,18,19,21). The highest BCUT2D eigenvalue weighted by molar-refractivity contribution is 5.91. The summed E-state index contributed by atoms with van der Waals surface area (Å²) in [6.07, 6.45) is 0.873. The van der Waals surface area contributed by atoms with Gasteiger partial charge >= 0.3 is 0 Å². The third-order valence-electron chi connectivity index (χ3n) is 3.36. The topological polar surface area (TPSA) is 66.9 Å². The Morgan fingerprint density at radius 2 is 1.73 bits per heavy atom. The number of carbonyl (C=O) groups is 1. The van der Waals surface area contributed by atoms with E-state index in [-0.39, 0.29) is 5.91 Å². The highest BCUT2D eigenvalue weighted by Crippen LogP contribution is 2.26. The predicted molar refractivity (Wildman–Crippen MR) is 89.6 cm³/mol. The SMILES string of the molecule is CCc1cc(Nc2cc(C)c(NC(C)=O)c(C)c2)nc(C)n1. The van der Waals surface area contributed by atoms with Gasteiger partial charge < -0.3 is 10.6 Å². The molecule has 0 saturated heterocycles. The zero-order valence-corrected chi connectivity index (χ0v) is 13.7. The van der Waals surface area contributed by atoms with Crippen molar-refractivity contribution in [2.45, 2.75) is 41.0 Å². The largest absolute Gasteiger partial charge is 0.340 e. The molecule has 0 aliphatic rings. The summed E-state index contributed by atoms with van der Waals surface area (Å²) in [7, 11) is 0. The molecule has 5 heteroatoms. The Morgan fingerprint density at radius 1 is 1.09 bits per heavy atom. The van der Waals surface area contributed by atoms with Crippen LogP contribution in [0.1, 0.15) is 36.5 Å². The van der Waals surface area contributed by atoms with Crippen LogP contribution in [0.15, 0.2) is 18.2 Å². The van der Waals surface area contributed by atoms with Crippen LogP contribution >= 0.6 is 0 Å². The van der Waals surface area contributed by atoms with Crippen molar-refractivity contribution in [3.63, 3.8) is 0 Å². The Labute approximate surface area is 131 Å². The fraction of sp³-hybridized carbons (Fsp3) is 0.353. The molecule has 0 aliphatic carbocycles. The first-order chi connectivity index (χ1) is 10.4. The minimum absolute atomic E-state index is 0.0640. The number of anilines is 3. The second kappa shape index (κ2) is 6.56. The summed E-state index contributed by atoms with van der Waals surface area (Å²) in [5.74, 6) is 1.48. The number of rotatable bonds is 4. The van der Waals surface area contributed by atoms with Gasteiger partial charge in [-0.3, -0.25) is 4.79 Å². The van der Waals surface area contributed by atoms with E-state index in [1.54, 1.807) is 0 Å². The van der Waals surface area contributed by atoms with E-state index in [4.69, 9.17) is 0 Å². The van der Waals surface area contributed by atoms with E-state index in [1.807, 2.05) is 39.0 Å². The molecular weight excluding hydrogens is 276 g/mol. The molecule has 1 aromatic heterocycles. The van der Waals surface area contributed by atoms with Crippen LogP contribution in [0, 0.1) is 20.8 Å². The van der Waals surface area contributed by atoms with E-state index in [2.05, 4.69) is 27.5 Å². The molecule has 0 unspecified atom stereocenters. The maximum Gasteiger partial charge on any atom is 0.221 e. The van der Waals surface area contributed by atoms with E-state index in [1.165, 1.54) is 6.92 Å². The number of aryl methyl sites for hydroxylation is 4. The van der Waals surface area contributed by atoms with Gasteiger partial charge in [0.05, 0.1) is 0 Å². The average Bonchev–Trinajstić information content (AvgIpc) is 2.42. The van der Waals surface area contributed by atoms with Crippen LogP contribution < -0.4 is 10.6 Å². The van der Waals surface area contributed by atoms with E-state index >= 15 is 0 Å². The molecule has 2 aromatic rings. The monoisotopic (exact) mass is 298 g/mol. The molecule has 1 aromatic carbocycles. The van der Waals surface area contributed by atoms with Crippen LogP contribution in [0.25, 0.3) is 0 Å². The molecule has 0 fully saturated rings. The minimum Gasteiger partial charge on any atom is -0.340 e. The lowest BCUT2D eigenvalue weighted by molar-refractivity contribution is -0.114. The van der Waals surface area contributed by atoms with E-state index in [0.29, 0.717) is 0 Å². The van der Waals surface area contributed by atoms with Crippen molar-refractivity contribution >= 4 is 23.1 Å². The van der Waals surface area contributed by atoms with Gasteiger partial charge in [0, 0.05) is 30.1 Å². The number of nitrogens with one attached hydrogen (secondary N) is 2. The van der Waals surface area contributed by atoms with Crippen molar-refractivity contribution in [3.8, 4) is 0 Å². The molecule has 0 saturated carbocycles. The highest BCUT2D eigenvalue weighted by Gasteiger charge is 2.08. The number of aromatic nitrogens is 2. The molecule has 116 valence electrons. The predicted octanol–water partition coefficient (Wildman–Crippen LogP) is 3.67. The number of nitrogens with zero attached hydrogens (tertiary/aromatic N) is 2. The van der Waals surface area contributed by atoms with Crippen molar-refractivity contribution in [2.75, 3.05) is 10.6 Å². The van der Waals surface area contributed by atoms with Crippen LogP contribution in [0.2, 0.25) is 0 Å². The second-order valence-electron chi connectivity index (χ2n) is 5.44. The van der Waals surface area contributed by atoms with E-state index in [0.717, 1.165) is 46.3 Å². The molecule has 0 radical (unpaired) electrons. The van der Waals surface area contributed by atoms with Gasteiger partial charge in [-0.2, -0.15) is 0 Å². The number of hydrogen-bond acceptors (Lipinski definition) is 4. The lowest BCUT2D eigenvalue weighted by Crippen LogP contribution is -2.09. The number of carbonyl (C=O) groups excluding carboxylic acids is 1. The van der Waals surface area contributed by atoms with Gasteiger partial charge in [-0.15, -0.1) is 0 Å². The maximum absolute atomic E-state index is 11.3. The minimum atomic E-state index is -0.0640. The number of amides is 1. The quantitative estimate of drug-likeness (QED) is 0.904. The summed E-state index contributed by atoms with van der Waals surface area (Å²) in [6.45, 7) is 9.43. The fourth-order valence-electron chi connectivity index (χ4n) is 2.43. The van der Waals surface area contributed by atoms with E-state index in [9.17, 15) is 4.79 Å². The normalized spacial score (nSPS) is 10.4. The van der Waals surface area contributed by atoms with Gasteiger partial charge in [-0.05, 0) is 50.5 Å². The second-order valence-corrected chi connectivity index (χ2v) is 5.44. The smallest absolute Gasteiger partial charge is 0.221 e. The van der Waals surface area contributed by atoms with Crippen molar-refractivity contribution in [2.24, 2.45) is 0 Å². The average molecular weight is 298 g/mol. The summed E-state index contributed by atoms with van der Waals surface area (Å²) < 4.78 is 0. The first-order valence-corrected chi connectivity index (χ1v) is 7.39. The van der Waals surface area contributed by atoms with E-state index < -0.39 is 0 Å². The summed E-state index contributed by atoms with van der Waals surface area (Å²) in [6, 6.07) is 5.96. The van der Waals surface area contributed by atoms with Crippen LogP contribution in [0.3, 0.4) is 0 Å². The molecule has 1 amide bonds. The van der Waals surface area contributed by atoms with Gasteiger partial charge in [0.15, 0.2) is 0 Å². The molecule has 2 rings (SSSR count). The molecule has 0 bridgehead atoms. The molecule has 0 aliphatic heterocycles. The van der Waals surface area contributed by atoms with Gasteiger partial charge in [-0.25, -0.2) is 9.97 Å². The highest BCUT2D eigenvalue weighted by atomic mass is 16.1. The molecule has 5 nitrogen and oxygen atoms in total. The lowest BCUT2D eigenvalue weighted by atomic mass is 10.1. The Hall–Kier alpha value is -2.43. The molecular formula is C17H22N4O. The maximum atomic E-state index is 11.3. The van der Waals surface area contributed by atoms with Gasteiger partial charge in [0.25, 0.3) is 0 Å². The Balaban J connectivity index is 2.31. The van der Waals surface area contributed by atoms with Crippen LogP contribution in [-0.2, 0) is 11.2 Å². The number of benzene rings is 1. The molecule has 22 heavy (non-hydrogen) atoms. The third-order valence-corrected chi connectivity index (χ3v) is 3.36. The first-order valence-electron chi connectivity index (χ1n) is 7.39. The van der Waals surface area contributed by atoms with Gasteiger partial charge in [-0.1, -0.05) is 6.92 Å². The van der Waals surface area contributed by atoms with Crippen molar-refractivity contribution in [1.29, 1.82) is 0 Å². The van der Waals surface area contributed by atoms with Crippen molar-refractivity contribution in [1.82, 2.24) is 9.97 Å². The molecule has 0 spiro atoms. The van der Waals surface area contributed by atoms with Crippen LogP contribution in [0.5, 0.6) is 0 Å². The Kier molecular flexibility index (Phi) is 4.75. The molecule has 1 heterocycles. The molecule has 2 N–H and O–H groups in total. The van der Waals surface area contributed by atoms with Gasteiger partial charge in [0.1, 0.15) is 11.6 Å². The van der Waals surface area contributed by atoms with Crippen LogP contribution in [0.4, 0.5) is 17.2 Å². The zero-order valence-electron chi connectivity index (χ0n) is 13.7. The van der Waals surface area contributed by atoms with Crippen molar-refractivity contribution < 1.29 is 4.79 Å². The van der Waals surface area contributed by atoms with Crippen LogP contribution in [-0.4, -0.2) is 15.9 Å². The summed E-state index contributed by atoms with van der Waals surface area (Å²) in [5.41, 5.74) is 4.85. The summed E-state index contributed by atoms with van der Waals surface area (Å²) in [5, 5.41) is 6.19. The zero-order chi connectivity index (χ0) is 16.3. The Bertz CT molecular complexity index is 687.